The highest BCUT2D eigenvalue weighted by molar-refractivity contribution is 7.09. The van der Waals surface area contributed by atoms with Gasteiger partial charge in [0.2, 0.25) is 0 Å². The topological polar surface area (TPSA) is 33.5 Å². The monoisotopic (exact) mass is 355 g/mol. The number of benzene rings is 1. The van der Waals surface area contributed by atoms with E-state index in [1.54, 1.807) is 4.90 Å². The molecule has 2 bridgehead atoms. The molecule has 3 nitrogen and oxygen atoms in total. The molecule has 0 aliphatic carbocycles. The molecule has 0 radical (unpaired) electrons. The van der Waals surface area contributed by atoms with E-state index >= 15 is 0 Å². The van der Waals surface area contributed by atoms with Crippen LogP contribution in [0.3, 0.4) is 0 Å². The van der Waals surface area contributed by atoms with Crippen molar-refractivity contribution >= 4 is 17.2 Å². The van der Waals surface area contributed by atoms with Gasteiger partial charge >= 0.3 is 0 Å². The lowest BCUT2D eigenvalue weighted by Crippen LogP contribution is -3.20. The second kappa shape index (κ2) is 7.30. The van der Waals surface area contributed by atoms with Crippen LogP contribution in [-0.4, -0.2) is 24.0 Å². The third-order valence-electron chi connectivity index (χ3n) is 5.90. The van der Waals surface area contributed by atoms with E-state index in [1.807, 2.05) is 35.6 Å². The summed E-state index contributed by atoms with van der Waals surface area (Å²) in [6.07, 6.45) is 6.19. The second-order valence-electron chi connectivity index (χ2n) is 7.66. The zero-order chi connectivity index (χ0) is 17.2. The van der Waals surface area contributed by atoms with Gasteiger partial charge in [-0.2, -0.15) is 0 Å². The van der Waals surface area contributed by atoms with Crippen molar-refractivity contribution in [3.8, 4) is 0 Å². The highest BCUT2D eigenvalue weighted by Gasteiger charge is 2.42. The maximum Gasteiger partial charge on any atom is 0.251 e. The van der Waals surface area contributed by atoms with E-state index in [0.29, 0.717) is 18.1 Å². The number of aryl methyl sites for hydroxylation is 1. The number of carbonyl (C=O) groups excluding carboxylic acids is 1. The summed E-state index contributed by atoms with van der Waals surface area (Å²) in [7, 11) is 0. The summed E-state index contributed by atoms with van der Waals surface area (Å²) in [5, 5.41) is 5.49. The molecule has 25 heavy (non-hydrogen) atoms. The van der Waals surface area contributed by atoms with Crippen LogP contribution in [0.15, 0.2) is 41.8 Å². The molecule has 4 heteroatoms. The highest BCUT2D eigenvalue weighted by Crippen LogP contribution is 2.23. The van der Waals surface area contributed by atoms with Crippen LogP contribution >= 0.6 is 11.3 Å². The van der Waals surface area contributed by atoms with Crippen molar-refractivity contribution in [2.45, 2.75) is 63.7 Å². The maximum atomic E-state index is 12.6. The van der Waals surface area contributed by atoms with Gasteiger partial charge in [0, 0.05) is 24.4 Å². The van der Waals surface area contributed by atoms with Crippen LogP contribution in [0.2, 0.25) is 0 Å². The summed E-state index contributed by atoms with van der Waals surface area (Å²) in [5.41, 5.74) is 1.97. The number of nitrogens with one attached hydrogen (secondary N) is 2. The first-order valence-electron chi connectivity index (χ1n) is 9.44. The number of carbonyl (C=O) groups is 1. The molecule has 2 aliphatic rings. The fourth-order valence-electron chi connectivity index (χ4n) is 4.63. The average molecular weight is 356 g/mol. The Morgan fingerprint density at radius 3 is 2.52 bits per heavy atom. The van der Waals surface area contributed by atoms with E-state index in [1.165, 1.54) is 29.7 Å². The number of hydrogen-bond acceptors (Lipinski definition) is 2. The summed E-state index contributed by atoms with van der Waals surface area (Å²) in [6.45, 7) is 3.21. The summed E-state index contributed by atoms with van der Waals surface area (Å²) in [4.78, 5) is 15.8. The van der Waals surface area contributed by atoms with Gasteiger partial charge in [0.25, 0.3) is 5.91 Å². The van der Waals surface area contributed by atoms with Crippen molar-refractivity contribution in [1.82, 2.24) is 5.32 Å². The number of hydrogen-bond donors (Lipinski definition) is 2. The average Bonchev–Trinajstić information content (AvgIpc) is 3.09. The predicted octanol–water partition coefficient (Wildman–Crippen LogP) is 2.95. The summed E-state index contributed by atoms with van der Waals surface area (Å²) >= 11 is 1.87. The summed E-state index contributed by atoms with van der Waals surface area (Å²) in [5.74, 6) is 0.0878. The van der Waals surface area contributed by atoms with Crippen molar-refractivity contribution in [2.24, 2.45) is 0 Å². The Kier molecular flexibility index (Phi) is 4.91. The molecule has 1 aromatic carbocycles. The lowest BCUT2D eigenvalue weighted by atomic mass is 9.81. The number of thiophene rings is 1. The minimum Gasteiger partial charge on any atom is -0.349 e. The molecule has 0 saturated carbocycles. The van der Waals surface area contributed by atoms with Gasteiger partial charge in [0.05, 0.1) is 17.0 Å². The Bertz CT molecular complexity index is 696. The third-order valence-corrected chi connectivity index (χ3v) is 6.78. The molecule has 2 fully saturated rings. The molecule has 2 N–H and O–H groups in total. The molecule has 4 rings (SSSR count). The lowest BCUT2D eigenvalue weighted by molar-refractivity contribution is -0.973. The molecular formula is C21H27N2OS+. The normalized spacial score (nSPS) is 28.5. The van der Waals surface area contributed by atoms with E-state index in [4.69, 9.17) is 0 Å². The van der Waals surface area contributed by atoms with E-state index < -0.39 is 0 Å². The number of amides is 1. The quantitative estimate of drug-likeness (QED) is 0.869. The molecule has 2 saturated heterocycles. The Labute approximate surface area is 154 Å². The fraction of sp³-hybridized carbons (Fsp3) is 0.476. The third kappa shape index (κ3) is 3.80. The minimum atomic E-state index is 0.0878. The highest BCUT2D eigenvalue weighted by atomic mass is 32.1. The van der Waals surface area contributed by atoms with E-state index in [9.17, 15) is 4.79 Å². The van der Waals surface area contributed by atoms with Crippen molar-refractivity contribution in [1.29, 1.82) is 0 Å². The van der Waals surface area contributed by atoms with Crippen LogP contribution in [-0.2, 0) is 6.54 Å². The molecule has 3 heterocycles. The Morgan fingerprint density at radius 2 is 1.88 bits per heavy atom. The Balaban J connectivity index is 1.40. The number of quaternary nitrogens is 1. The molecular weight excluding hydrogens is 328 g/mol. The first-order valence-corrected chi connectivity index (χ1v) is 10.3. The largest absolute Gasteiger partial charge is 0.349 e. The number of rotatable bonds is 4. The smallest absolute Gasteiger partial charge is 0.251 e. The van der Waals surface area contributed by atoms with Crippen LogP contribution in [0, 0.1) is 6.92 Å². The zero-order valence-corrected chi connectivity index (χ0v) is 15.6. The fourth-order valence-corrected chi connectivity index (χ4v) is 5.37. The van der Waals surface area contributed by atoms with Crippen molar-refractivity contribution in [2.75, 3.05) is 0 Å². The number of piperidine rings is 2. The van der Waals surface area contributed by atoms with Gasteiger partial charge in [-0.25, -0.2) is 0 Å². The van der Waals surface area contributed by atoms with Crippen molar-refractivity contribution in [3.05, 3.63) is 57.8 Å². The van der Waals surface area contributed by atoms with Gasteiger partial charge in [-0.15, -0.1) is 11.3 Å². The van der Waals surface area contributed by atoms with Gasteiger partial charge in [0.15, 0.2) is 0 Å². The van der Waals surface area contributed by atoms with Gasteiger partial charge in [0.1, 0.15) is 6.54 Å². The van der Waals surface area contributed by atoms with Crippen LogP contribution in [0.5, 0.6) is 0 Å². The van der Waals surface area contributed by atoms with E-state index in [-0.39, 0.29) is 5.91 Å². The second-order valence-corrected chi connectivity index (χ2v) is 8.70. The standard InChI is InChI=1S/C21H26N2OS/c1-15-7-9-16(10-8-15)21(24)22-17-12-18-4-2-5-19(13-17)23(18)14-20-6-3-11-25-20/h3,6-11,17-19H,2,4-5,12-14H2,1H3,(H,22,24)/p+1/t17?,18-,19+. The molecule has 4 atom stereocenters. The van der Waals surface area contributed by atoms with Gasteiger partial charge < -0.3 is 10.2 Å². The van der Waals surface area contributed by atoms with Gasteiger partial charge in [-0.1, -0.05) is 23.8 Å². The predicted molar refractivity (Wildman–Crippen MR) is 102 cm³/mol. The number of fused-ring (bicyclic) bond motifs is 2. The van der Waals surface area contributed by atoms with Crippen LogP contribution in [0.25, 0.3) is 0 Å². The Morgan fingerprint density at radius 1 is 1.16 bits per heavy atom. The van der Waals surface area contributed by atoms with E-state index in [0.717, 1.165) is 24.9 Å². The first-order chi connectivity index (χ1) is 12.2. The molecule has 1 amide bonds. The molecule has 0 spiro atoms. The van der Waals surface area contributed by atoms with Crippen molar-refractivity contribution < 1.29 is 9.69 Å². The maximum absolute atomic E-state index is 12.6. The van der Waals surface area contributed by atoms with Gasteiger partial charge in [-0.3, -0.25) is 4.79 Å². The van der Waals surface area contributed by atoms with Crippen molar-refractivity contribution in [3.63, 3.8) is 0 Å². The van der Waals surface area contributed by atoms with Crippen LogP contribution in [0.1, 0.15) is 52.9 Å². The van der Waals surface area contributed by atoms with Crippen LogP contribution in [0.4, 0.5) is 0 Å². The zero-order valence-electron chi connectivity index (χ0n) is 14.8. The summed E-state index contributed by atoms with van der Waals surface area (Å²) in [6, 6.07) is 14.0. The molecule has 2 aliphatic heterocycles. The first kappa shape index (κ1) is 16.8. The molecule has 132 valence electrons. The lowest BCUT2D eigenvalue weighted by Gasteiger charge is -2.45. The molecule has 2 unspecified atom stereocenters. The summed E-state index contributed by atoms with van der Waals surface area (Å²) < 4.78 is 0. The van der Waals surface area contributed by atoms with Gasteiger partial charge in [-0.05, 0) is 49.8 Å². The Hall–Kier alpha value is -1.65. The molecule has 2 aromatic rings. The van der Waals surface area contributed by atoms with E-state index in [2.05, 4.69) is 29.8 Å². The minimum absolute atomic E-state index is 0.0878. The van der Waals surface area contributed by atoms with Crippen LogP contribution < -0.4 is 10.2 Å². The molecule has 1 aromatic heterocycles. The SMILES string of the molecule is Cc1ccc(C(=O)NC2C[C@H]3CCC[C@@H](C2)[NH+]3Cc2cccs2)cc1.